The van der Waals surface area contributed by atoms with Crippen molar-refractivity contribution in [3.8, 4) is 0 Å². The maximum atomic E-state index is 12.0. The smallest absolute Gasteiger partial charge is 0.276 e. The third-order valence-corrected chi connectivity index (χ3v) is 3.78. The first-order valence-electron chi connectivity index (χ1n) is 5.48. The molecule has 2 rings (SSSR count). The van der Waals surface area contributed by atoms with Crippen LogP contribution in [-0.2, 0) is 0 Å². The number of rotatable bonds is 3. The molecule has 2 aromatic rings. The maximum Gasteiger partial charge on any atom is 0.276 e. The van der Waals surface area contributed by atoms with Crippen LogP contribution in [0.5, 0.6) is 0 Å². The van der Waals surface area contributed by atoms with Crippen LogP contribution in [0.1, 0.15) is 31.3 Å². The van der Waals surface area contributed by atoms with Crippen molar-refractivity contribution in [1.82, 2.24) is 9.97 Å². The highest BCUT2D eigenvalue weighted by Crippen LogP contribution is 2.32. The molecular weight excluding hydrogens is 264 g/mol. The summed E-state index contributed by atoms with van der Waals surface area (Å²) in [5.41, 5.74) is 6.64. The Bertz CT molecular complexity index is 637. The summed E-state index contributed by atoms with van der Waals surface area (Å²) in [5, 5.41) is 3.09. The number of aromatic nitrogens is 2. The van der Waals surface area contributed by atoms with Gasteiger partial charge >= 0.3 is 0 Å². The molecule has 6 nitrogen and oxygen atoms in total. The number of thiophene rings is 1. The second-order valence-corrected chi connectivity index (χ2v) is 5.12. The highest BCUT2D eigenvalue weighted by molar-refractivity contribution is 7.16. The molecule has 0 aromatic carbocycles. The number of nitrogens with two attached hydrogens (primary N) is 1. The minimum atomic E-state index is -0.559. The van der Waals surface area contributed by atoms with Crippen molar-refractivity contribution in [2.45, 2.75) is 13.8 Å². The van der Waals surface area contributed by atoms with E-state index in [0.717, 1.165) is 10.4 Å². The second-order valence-electron chi connectivity index (χ2n) is 3.90. The molecule has 0 radical (unpaired) electrons. The van der Waals surface area contributed by atoms with E-state index in [0.29, 0.717) is 10.6 Å². The highest BCUT2D eigenvalue weighted by Gasteiger charge is 2.19. The second kappa shape index (κ2) is 5.15. The van der Waals surface area contributed by atoms with Crippen molar-refractivity contribution in [3.05, 3.63) is 40.3 Å². The van der Waals surface area contributed by atoms with Gasteiger partial charge in [0.25, 0.3) is 11.8 Å². The summed E-state index contributed by atoms with van der Waals surface area (Å²) in [6.07, 6.45) is 4.26. The Kier molecular flexibility index (Phi) is 3.57. The third kappa shape index (κ3) is 2.60. The summed E-state index contributed by atoms with van der Waals surface area (Å²) in [6.45, 7) is 3.66. The van der Waals surface area contributed by atoms with Gasteiger partial charge in [-0.05, 0) is 19.4 Å². The zero-order valence-corrected chi connectivity index (χ0v) is 11.2. The zero-order valence-electron chi connectivity index (χ0n) is 10.4. The Morgan fingerprint density at radius 2 is 2.05 bits per heavy atom. The first-order valence-corrected chi connectivity index (χ1v) is 6.29. The summed E-state index contributed by atoms with van der Waals surface area (Å²) < 4.78 is 0. The molecule has 2 amide bonds. The van der Waals surface area contributed by atoms with Crippen LogP contribution < -0.4 is 11.1 Å². The molecule has 0 unspecified atom stereocenters. The Hall–Kier alpha value is -2.28. The Morgan fingerprint density at radius 1 is 1.32 bits per heavy atom. The predicted octanol–water partition coefficient (Wildman–Crippen LogP) is 1.51. The molecule has 3 N–H and O–H groups in total. The SMILES string of the molecule is Cc1sc(NC(=O)c2cnccn2)c(C(N)=O)c1C. The summed E-state index contributed by atoms with van der Waals surface area (Å²) >= 11 is 1.31. The topological polar surface area (TPSA) is 98.0 Å². The minimum Gasteiger partial charge on any atom is -0.365 e. The van der Waals surface area contributed by atoms with E-state index >= 15 is 0 Å². The Labute approximate surface area is 113 Å². The molecule has 2 heterocycles. The summed E-state index contributed by atoms with van der Waals surface area (Å²) in [7, 11) is 0. The van der Waals surface area contributed by atoms with E-state index in [1.165, 1.54) is 29.9 Å². The van der Waals surface area contributed by atoms with Crippen LogP contribution in [0.15, 0.2) is 18.6 Å². The predicted molar refractivity (Wildman–Crippen MR) is 72.3 cm³/mol. The van der Waals surface area contributed by atoms with Gasteiger partial charge in [-0.1, -0.05) is 0 Å². The number of carbonyl (C=O) groups is 2. The first kappa shape index (κ1) is 13.2. The molecule has 0 spiro atoms. The lowest BCUT2D eigenvalue weighted by Gasteiger charge is -2.04. The number of nitrogens with zero attached hydrogens (tertiary/aromatic N) is 2. The van der Waals surface area contributed by atoms with Crippen LogP contribution in [-0.4, -0.2) is 21.8 Å². The molecule has 19 heavy (non-hydrogen) atoms. The van der Waals surface area contributed by atoms with Crippen molar-refractivity contribution < 1.29 is 9.59 Å². The number of primary amides is 1. The van der Waals surface area contributed by atoms with Gasteiger partial charge in [0.1, 0.15) is 10.7 Å². The van der Waals surface area contributed by atoms with Gasteiger partial charge in [0.15, 0.2) is 0 Å². The number of aryl methyl sites for hydroxylation is 1. The fourth-order valence-corrected chi connectivity index (χ4v) is 2.66. The lowest BCUT2D eigenvalue weighted by Crippen LogP contribution is -2.18. The minimum absolute atomic E-state index is 0.182. The van der Waals surface area contributed by atoms with Gasteiger partial charge in [0, 0.05) is 17.3 Å². The van der Waals surface area contributed by atoms with E-state index in [-0.39, 0.29) is 5.69 Å². The molecule has 0 fully saturated rings. The molecule has 0 saturated carbocycles. The normalized spacial score (nSPS) is 10.2. The van der Waals surface area contributed by atoms with Gasteiger partial charge in [0.2, 0.25) is 0 Å². The molecule has 0 saturated heterocycles. The monoisotopic (exact) mass is 276 g/mol. The van der Waals surface area contributed by atoms with Crippen molar-refractivity contribution in [2.24, 2.45) is 5.73 Å². The molecule has 2 aromatic heterocycles. The van der Waals surface area contributed by atoms with Gasteiger partial charge in [-0.3, -0.25) is 14.6 Å². The number of amides is 2. The van der Waals surface area contributed by atoms with Gasteiger partial charge in [-0.25, -0.2) is 4.98 Å². The number of nitrogens with one attached hydrogen (secondary N) is 1. The molecule has 0 atom stereocenters. The standard InChI is InChI=1S/C12H12N4O2S/c1-6-7(2)19-12(9(6)10(13)17)16-11(18)8-5-14-3-4-15-8/h3-5H,1-2H3,(H2,13,17)(H,16,18). The van der Waals surface area contributed by atoms with E-state index in [1.807, 2.05) is 6.92 Å². The quantitative estimate of drug-likeness (QED) is 0.887. The number of carbonyl (C=O) groups excluding carboxylic acids is 2. The number of hydrogen-bond acceptors (Lipinski definition) is 5. The van der Waals surface area contributed by atoms with E-state index in [2.05, 4.69) is 15.3 Å². The van der Waals surface area contributed by atoms with Crippen LogP contribution in [0.25, 0.3) is 0 Å². The van der Waals surface area contributed by atoms with E-state index < -0.39 is 11.8 Å². The van der Waals surface area contributed by atoms with Gasteiger partial charge in [-0.15, -0.1) is 11.3 Å². The third-order valence-electron chi connectivity index (χ3n) is 2.65. The molecule has 0 aliphatic rings. The van der Waals surface area contributed by atoms with Crippen LogP contribution in [0.4, 0.5) is 5.00 Å². The Morgan fingerprint density at radius 3 is 2.63 bits per heavy atom. The average molecular weight is 276 g/mol. The molecule has 98 valence electrons. The lowest BCUT2D eigenvalue weighted by atomic mass is 10.1. The van der Waals surface area contributed by atoms with Gasteiger partial charge < -0.3 is 11.1 Å². The molecule has 0 aliphatic carbocycles. The summed E-state index contributed by atoms with van der Waals surface area (Å²) in [4.78, 5) is 32.0. The maximum absolute atomic E-state index is 12.0. The van der Waals surface area contributed by atoms with Gasteiger partial charge in [-0.2, -0.15) is 0 Å². The molecule has 7 heteroatoms. The Balaban J connectivity index is 2.32. The van der Waals surface area contributed by atoms with Crippen LogP contribution >= 0.6 is 11.3 Å². The molecule has 0 aliphatic heterocycles. The van der Waals surface area contributed by atoms with E-state index in [1.54, 1.807) is 6.92 Å². The highest BCUT2D eigenvalue weighted by atomic mass is 32.1. The van der Waals surface area contributed by atoms with Crippen LogP contribution in [0.2, 0.25) is 0 Å². The fraction of sp³-hybridized carbons (Fsp3) is 0.167. The van der Waals surface area contributed by atoms with Gasteiger partial charge in [0.05, 0.1) is 11.8 Å². The van der Waals surface area contributed by atoms with Crippen molar-refractivity contribution in [2.75, 3.05) is 5.32 Å². The number of hydrogen-bond donors (Lipinski definition) is 2. The summed E-state index contributed by atoms with van der Waals surface area (Å²) in [6, 6.07) is 0. The van der Waals surface area contributed by atoms with Crippen molar-refractivity contribution in [1.29, 1.82) is 0 Å². The van der Waals surface area contributed by atoms with Crippen LogP contribution in [0, 0.1) is 13.8 Å². The van der Waals surface area contributed by atoms with E-state index in [9.17, 15) is 9.59 Å². The first-order chi connectivity index (χ1) is 9.00. The van der Waals surface area contributed by atoms with Crippen molar-refractivity contribution >= 4 is 28.2 Å². The zero-order chi connectivity index (χ0) is 14.0. The average Bonchev–Trinajstić information content (AvgIpc) is 2.65. The van der Waals surface area contributed by atoms with Crippen molar-refractivity contribution in [3.63, 3.8) is 0 Å². The lowest BCUT2D eigenvalue weighted by molar-refractivity contribution is 0.100. The molecular formula is C12H12N4O2S. The van der Waals surface area contributed by atoms with E-state index in [4.69, 9.17) is 5.73 Å². The number of anilines is 1. The summed E-state index contributed by atoms with van der Waals surface area (Å²) in [5.74, 6) is -0.979. The van der Waals surface area contributed by atoms with Crippen LogP contribution in [0.3, 0.4) is 0 Å². The molecule has 0 bridgehead atoms. The fourth-order valence-electron chi connectivity index (χ4n) is 1.60. The largest absolute Gasteiger partial charge is 0.365 e.